The summed E-state index contributed by atoms with van der Waals surface area (Å²) in [6.45, 7) is 2.04. The Hall–Kier alpha value is -1.49. The summed E-state index contributed by atoms with van der Waals surface area (Å²) in [5.74, 6) is 0. The first-order chi connectivity index (χ1) is 12.9. The minimum absolute atomic E-state index is 0.134. The fourth-order valence-electron chi connectivity index (χ4n) is 3.45. The smallest absolute Gasteiger partial charge is 0.240 e. The van der Waals surface area contributed by atoms with Gasteiger partial charge in [-0.05, 0) is 43.0 Å². The molecule has 0 bridgehead atoms. The second-order valence-corrected chi connectivity index (χ2v) is 8.97. The summed E-state index contributed by atoms with van der Waals surface area (Å²) in [6.07, 6.45) is -0.538. The van der Waals surface area contributed by atoms with Gasteiger partial charge in [-0.15, -0.1) is 11.3 Å². The van der Waals surface area contributed by atoms with Crippen molar-refractivity contribution in [3.8, 4) is 11.3 Å². The molecule has 140 valence electrons. The molecule has 3 aromatic rings. The number of halogens is 4. The van der Waals surface area contributed by atoms with Crippen molar-refractivity contribution in [3.05, 3.63) is 73.5 Å². The van der Waals surface area contributed by atoms with Crippen LogP contribution >= 0.6 is 34.5 Å². The van der Waals surface area contributed by atoms with Gasteiger partial charge in [-0.2, -0.15) is 0 Å². The first kappa shape index (κ1) is 18.9. The molecule has 0 amide bonds. The van der Waals surface area contributed by atoms with E-state index in [0.29, 0.717) is 15.6 Å². The quantitative estimate of drug-likeness (QED) is 0.418. The molecule has 1 aromatic heterocycles. The highest BCUT2D eigenvalue weighted by atomic mass is 35.5. The molecule has 0 spiro atoms. The number of rotatable bonds is 5. The Morgan fingerprint density at radius 1 is 1.11 bits per heavy atom. The van der Waals surface area contributed by atoms with Crippen LogP contribution in [0.25, 0.3) is 11.3 Å². The van der Waals surface area contributed by atoms with Gasteiger partial charge < -0.3 is 0 Å². The van der Waals surface area contributed by atoms with Gasteiger partial charge in [0.1, 0.15) is 5.01 Å². The summed E-state index contributed by atoms with van der Waals surface area (Å²) in [5, 5.41) is 2.35. The van der Waals surface area contributed by atoms with Crippen molar-refractivity contribution in [2.75, 3.05) is 0 Å². The molecule has 0 N–H and O–H groups in total. The van der Waals surface area contributed by atoms with E-state index in [9.17, 15) is 8.78 Å². The van der Waals surface area contributed by atoms with E-state index < -0.39 is 6.43 Å². The number of thiazole rings is 1. The average molecular weight is 424 g/mol. The van der Waals surface area contributed by atoms with Crippen LogP contribution in [0.1, 0.15) is 33.9 Å². The summed E-state index contributed by atoms with van der Waals surface area (Å²) >= 11 is 14.2. The number of aromatic nitrogens is 1. The summed E-state index contributed by atoms with van der Waals surface area (Å²) in [5.41, 5.74) is 3.43. The average Bonchev–Trinajstić information content (AvgIpc) is 3.31. The van der Waals surface area contributed by atoms with Gasteiger partial charge >= 0.3 is 0 Å². The van der Waals surface area contributed by atoms with Crippen LogP contribution in [0.3, 0.4) is 0 Å². The topological polar surface area (TPSA) is 12.9 Å². The van der Waals surface area contributed by atoms with Gasteiger partial charge in [0, 0.05) is 32.3 Å². The fraction of sp³-hybridized carbons (Fsp3) is 0.286. The molecule has 0 saturated heterocycles. The Morgan fingerprint density at radius 2 is 1.81 bits per heavy atom. The zero-order valence-electron chi connectivity index (χ0n) is 14.6. The van der Waals surface area contributed by atoms with E-state index in [-0.39, 0.29) is 11.8 Å². The lowest BCUT2D eigenvalue weighted by molar-refractivity contribution is 0.149. The Kier molecular flexibility index (Phi) is 5.00. The van der Waals surface area contributed by atoms with Crippen LogP contribution in [0, 0.1) is 6.92 Å². The van der Waals surface area contributed by atoms with Crippen molar-refractivity contribution < 1.29 is 8.78 Å². The van der Waals surface area contributed by atoms with E-state index in [4.69, 9.17) is 28.2 Å². The molecular formula is C21H17Cl2F2NS. The lowest BCUT2D eigenvalue weighted by Crippen LogP contribution is -2.09. The molecule has 1 aliphatic carbocycles. The number of nitrogens with zero attached hydrogens (tertiary/aromatic N) is 1. The van der Waals surface area contributed by atoms with Gasteiger partial charge in [0.2, 0.25) is 6.43 Å². The van der Waals surface area contributed by atoms with Crippen LogP contribution in [-0.2, 0) is 11.8 Å². The van der Waals surface area contributed by atoms with Crippen LogP contribution in [0.2, 0.25) is 10.0 Å². The second-order valence-electron chi connectivity index (χ2n) is 6.92. The normalized spacial score (nSPS) is 15.3. The van der Waals surface area contributed by atoms with E-state index in [1.165, 1.54) is 0 Å². The van der Waals surface area contributed by atoms with Crippen molar-refractivity contribution in [2.24, 2.45) is 0 Å². The SMILES string of the molecule is Cc1sc(C2(c3ccc(Cl)cc3Cl)CC2)nc1-c1ccc(CC(F)F)cc1. The molecular weight excluding hydrogens is 407 g/mol. The Bertz CT molecular complexity index is 978. The Morgan fingerprint density at radius 3 is 2.41 bits per heavy atom. The third kappa shape index (κ3) is 3.63. The number of hydrogen-bond donors (Lipinski definition) is 0. The van der Waals surface area contributed by atoms with Gasteiger partial charge in [0.25, 0.3) is 0 Å². The Balaban J connectivity index is 1.67. The van der Waals surface area contributed by atoms with Crippen LogP contribution in [0.4, 0.5) is 8.78 Å². The monoisotopic (exact) mass is 423 g/mol. The Labute approximate surface area is 171 Å². The predicted molar refractivity (Wildman–Crippen MR) is 108 cm³/mol. The zero-order chi connectivity index (χ0) is 19.2. The first-order valence-electron chi connectivity index (χ1n) is 8.70. The molecule has 1 aliphatic rings. The van der Waals surface area contributed by atoms with E-state index in [1.807, 2.05) is 31.2 Å². The van der Waals surface area contributed by atoms with E-state index in [1.54, 1.807) is 29.5 Å². The second kappa shape index (κ2) is 7.16. The highest BCUT2D eigenvalue weighted by Crippen LogP contribution is 2.57. The van der Waals surface area contributed by atoms with E-state index in [0.717, 1.165) is 39.5 Å². The zero-order valence-corrected chi connectivity index (χ0v) is 16.9. The highest BCUT2D eigenvalue weighted by molar-refractivity contribution is 7.12. The lowest BCUT2D eigenvalue weighted by Gasteiger charge is -2.14. The summed E-state index contributed by atoms with van der Waals surface area (Å²) in [6, 6.07) is 12.9. The molecule has 1 nitrogen and oxygen atoms in total. The maximum Gasteiger partial charge on any atom is 0.242 e. The summed E-state index contributed by atoms with van der Waals surface area (Å²) in [4.78, 5) is 6.04. The van der Waals surface area contributed by atoms with Crippen molar-refractivity contribution in [3.63, 3.8) is 0 Å². The van der Waals surface area contributed by atoms with Gasteiger partial charge in [-0.3, -0.25) is 0 Å². The van der Waals surface area contributed by atoms with Crippen LogP contribution in [0.15, 0.2) is 42.5 Å². The largest absolute Gasteiger partial charge is 0.242 e. The van der Waals surface area contributed by atoms with Crippen molar-refractivity contribution in [1.82, 2.24) is 4.98 Å². The first-order valence-corrected chi connectivity index (χ1v) is 10.3. The molecule has 1 saturated carbocycles. The van der Waals surface area contributed by atoms with Gasteiger partial charge in [0.05, 0.1) is 5.69 Å². The number of alkyl halides is 2. The molecule has 1 heterocycles. The van der Waals surface area contributed by atoms with Gasteiger partial charge in [-0.25, -0.2) is 13.8 Å². The molecule has 0 aliphatic heterocycles. The third-order valence-corrected chi connectivity index (χ3v) is 6.74. The van der Waals surface area contributed by atoms with E-state index in [2.05, 4.69) is 0 Å². The molecule has 27 heavy (non-hydrogen) atoms. The maximum atomic E-state index is 12.5. The minimum Gasteiger partial charge on any atom is -0.240 e. The maximum absolute atomic E-state index is 12.5. The van der Waals surface area contributed by atoms with Crippen LogP contribution < -0.4 is 0 Å². The van der Waals surface area contributed by atoms with Crippen LogP contribution in [-0.4, -0.2) is 11.4 Å². The van der Waals surface area contributed by atoms with Crippen molar-refractivity contribution >= 4 is 34.5 Å². The molecule has 0 radical (unpaired) electrons. The standard InChI is InChI=1S/C21H17Cl2F2NS/c1-12-19(14-4-2-13(3-5-14)10-18(24)25)26-20(27-12)21(8-9-21)16-7-6-15(22)11-17(16)23/h2-7,11,18H,8-10H2,1H3. The fourth-order valence-corrected chi connectivity index (χ4v) is 5.23. The molecule has 6 heteroatoms. The summed E-state index contributed by atoms with van der Waals surface area (Å²) < 4.78 is 25.1. The molecule has 1 fully saturated rings. The molecule has 2 aromatic carbocycles. The van der Waals surface area contributed by atoms with Crippen molar-refractivity contribution in [1.29, 1.82) is 0 Å². The molecule has 4 rings (SSSR count). The predicted octanol–water partition coefficient (Wildman–Crippen LogP) is 7.31. The molecule has 0 unspecified atom stereocenters. The van der Waals surface area contributed by atoms with E-state index >= 15 is 0 Å². The number of benzene rings is 2. The van der Waals surface area contributed by atoms with Gasteiger partial charge in [0.15, 0.2) is 0 Å². The lowest BCUT2D eigenvalue weighted by atomic mass is 9.96. The van der Waals surface area contributed by atoms with Crippen molar-refractivity contribution in [2.45, 2.75) is 38.0 Å². The number of aryl methyl sites for hydroxylation is 1. The van der Waals surface area contributed by atoms with Crippen LogP contribution in [0.5, 0.6) is 0 Å². The molecule has 0 atom stereocenters. The number of hydrogen-bond acceptors (Lipinski definition) is 2. The summed E-state index contributed by atoms with van der Waals surface area (Å²) in [7, 11) is 0. The third-order valence-electron chi connectivity index (χ3n) is 5.02. The van der Waals surface area contributed by atoms with Gasteiger partial charge in [-0.1, -0.05) is 53.5 Å². The minimum atomic E-state index is -2.33. The highest BCUT2D eigenvalue weighted by Gasteiger charge is 2.49.